The Morgan fingerprint density at radius 3 is 2.46 bits per heavy atom. The highest BCUT2D eigenvalue weighted by Gasteiger charge is 2.19. The third kappa shape index (κ3) is 6.00. The van der Waals surface area contributed by atoms with E-state index in [9.17, 15) is 13.2 Å². The van der Waals surface area contributed by atoms with E-state index in [0.717, 1.165) is 16.3 Å². The highest BCUT2D eigenvalue weighted by molar-refractivity contribution is 9.10. The van der Waals surface area contributed by atoms with E-state index in [1.807, 2.05) is 19.1 Å². The summed E-state index contributed by atoms with van der Waals surface area (Å²) in [4.78, 5) is 12.1. The largest absolute Gasteiger partial charge is 0.326 e. The molecule has 0 aromatic heterocycles. The fourth-order valence-corrected chi connectivity index (χ4v) is 3.90. The highest BCUT2D eigenvalue weighted by atomic mass is 79.9. The molecular weight excluding hydrogens is 440 g/mol. The second-order valence-electron chi connectivity index (χ2n) is 5.92. The number of aryl methyl sites for hydroxylation is 1. The van der Waals surface area contributed by atoms with Crippen LogP contribution < -0.4 is 9.62 Å². The summed E-state index contributed by atoms with van der Waals surface area (Å²) >= 11 is 9.34. The molecule has 2 aromatic rings. The van der Waals surface area contributed by atoms with Gasteiger partial charge in [0.05, 0.1) is 11.9 Å². The van der Waals surface area contributed by atoms with Crippen LogP contribution in [0.25, 0.3) is 0 Å². The number of amides is 1. The molecule has 0 aliphatic heterocycles. The standard InChI is InChI=1S/C18H20BrClN2O3S/c1-13-5-8-15(20)12-17(13)22(26(2,24)25)11-3-4-18(23)21-16-9-6-14(19)7-10-16/h5-10,12H,3-4,11H2,1-2H3,(H,21,23). The van der Waals surface area contributed by atoms with Crippen molar-refractivity contribution in [1.29, 1.82) is 0 Å². The van der Waals surface area contributed by atoms with Gasteiger partial charge in [0.15, 0.2) is 0 Å². The summed E-state index contributed by atoms with van der Waals surface area (Å²) < 4.78 is 26.6. The first-order valence-electron chi connectivity index (χ1n) is 7.96. The molecule has 0 saturated heterocycles. The van der Waals surface area contributed by atoms with Crippen LogP contribution in [0.15, 0.2) is 46.9 Å². The van der Waals surface area contributed by atoms with Crippen molar-refractivity contribution in [3.05, 3.63) is 57.5 Å². The van der Waals surface area contributed by atoms with Gasteiger partial charge in [0.1, 0.15) is 0 Å². The number of anilines is 2. The molecule has 0 fully saturated rings. The number of nitrogens with one attached hydrogen (secondary N) is 1. The second kappa shape index (κ2) is 8.88. The van der Waals surface area contributed by atoms with E-state index in [0.29, 0.717) is 22.8 Å². The zero-order chi connectivity index (χ0) is 19.3. The van der Waals surface area contributed by atoms with E-state index < -0.39 is 10.0 Å². The molecule has 0 aliphatic rings. The van der Waals surface area contributed by atoms with Crippen LogP contribution >= 0.6 is 27.5 Å². The Bertz CT molecular complexity index is 886. The summed E-state index contributed by atoms with van der Waals surface area (Å²) in [5, 5.41) is 3.26. The lowest BCUT2D eigenvalue weighted by Crippen LogP contribution is -2.32. The molecule has 26 heavy (non-hydrogen) atoms. The van der Waals surface area contributed by atoms with Gasteiger partial charge in [-0.15, -0.1) is 0 Å². The fraction of sp³-hybridized carbons (Fsp3) is 0.278. The van der Waals surface area contributed by atoms with Crippen LogP contribution in [0, 0.1) is 6.92 Å². The molecule has 0 saturated carbocycles. The summed E-state index contributed by atoms with van der Waals surface area (Å²) in [6.07, 6.45) is 1.75. The number of carbonyl (C=O) groups is 1. The Hall–Kier alpha value is -1.57. The quantitative estimate of drug-likeness (QED) is 0.658. The molecule has 1 amide bonds. The van der Waals surface area contributed by atoms with Crippen molar-refractivity contribution in [3.63, 3.8) is 0 Å². The first kappa shape index (κ1) is 20.7. The SMILES string of the molecule is Cc1ccc(Cl)cc1N(CCCC(=O)Nc1ccc(Br)cc1)S(C)(=O)=O. The topological polar surface area (TPSA) is 66.5 Å². The van der Waals surface area contributed by atoms with Crippen LogP contribution in [0.5, 0.6) is 0 Å². The number of halogens is 2. The van der Waals surface area contributed by atoms with Crippen LogP contribution in [0.3, 0.4) is 0 Å². The van der Waals surface area contributed by atoms with Gasteiger partial charge in [-0.25, -0.2) is 8.42 Å². The summed E-state index contributed by atoms with van der Waals surface area (Å²) in [5.41, 5.74) is 2.04. The highest BCUT2D eigenvalue weighted by Crippen LogP contribution is 2.26. The van der Waals surface area contributed by atoms with Gasteiger partial charge in [-0.05, 0) is 55.3 Å². The third-order valence-corrected chi connectivity index (χ3v) is 5.68. The molecule has 2 aromatic carbocycles. The van der Waals surface area contributed by atoms with E-state index in [1.165, 1.54) is 4.31 Å². The van der Waals surface area contributed by atoms with E-state index >= 15 is 0 Å². The molecule has 0 bridgehead atoms. The van der Waals surface area contributed by atoms with Crippen molar-refractivity contribution in [3.8, 4) is 0 Å². The number of rotatable bonds is 7. The van der Waals surface area contributed by atoms with E-state index in [2.05, 4.69) is 21.2 Å². The maximum absolute atomic E-state index is 12.2. The summed E-state index contributed by atoms with van der Waals surface area (Å²) in [5.74, 6) is -0.163. The van der Waals surface area contributed by atoms with Gasteiger partial charge in [-0.2, -0.15) is 0 Å². The Morgan fingerprint density at radius 1 is 1.19 bits per heavy atom. The van der Waals surface area contributed by atoms with Gasteiger partial charge >= 0.3 is 0 Å². The van der Waals surface area contributed by atoms with Crippen molar-refractivity contribution < 1.29 is 13.2 Å². The Labute approximate surface area is 167 Å². The first-order chi connectivity index (χ1) is 12.2. The van der Waals surface area contributed by atoms with Crippen LogP contribution in [0.4, 0.5) is 11.4 Å². The molecule has 1 N–H and O–H groups in total. The fourth-order valence-electron chi connectivity index (χ4n) is 2.46. The lowest BCUT2D eigenvalue weighted by atomic mass is 10.2. The minimum Gasteiger partial charge on any atom is -0.326 e. The summed E-state index contributed by atoms with van der Waals surface area (Å²) in [6.45, 7) is 2.03. The van der Waals surface area contributed by atoms with Gasteiger partial charge in [0, 0.05) is 28.1 Å². The molecule has 140 valence electrons. The van der Waals surface area contributed by atoms with Crippen LogP contribution in [-0.4, -0.2) is 27.1 Å². The van der Waals surface area contributed by atoms with E-state index in [4.69, 9.17) is 11.6 Å². The molecule has 0 radical (unpaired) electrons. The number of hydrogen-bond donors (Lipinski definition) is 1. The van der Waals surface area contributed by atoms with Gasteiger partial charge < -0.3 is 5.32 Å². The summed E-state index contributed by atoms with van der Waals surface area (Å²) in [7, 11) is -3.48. The average Bonchev–Trinajstić information content (AvgIpc) is 2.55. The van der Waals surface area contributed by atoms with Gasteiger partial charge in [-0.3, -0.25) is 9.10 Å². The maximum Gasteiger partial charge on any atom is 0.232 e. The zero-order valence-electron chi connectivity index (χ0n) is 14.5. The summed E-state index contributed by atoms with van der Waals surface area (Å²) in [6, 6.07) is 12.4. The predicted molar refractivity (Wildman–Crippen MR) is 110 cm³/mol. The van der Waals surface area contributed by atoms with Crippen LogP contribution in [0.2, 0.25) is 5.02 Å². The Balaban J connectivity index is 2.01. The Kier molecular flexibility index (Phi) is 7.08. The van der Waals surface area contributed by atoms with Crippen molar-refractivity contribution in [2.45, 2.75) is 19.8 Å². The van der Waals surface area contributed by atoms with Gasteiger partial charge in [0.25, 0.3) is 0 Å². The number of benzene rings is 2. The smallest absolute Gasteiger partial charge is 0.232 e. The molecular formula is C18H20BrClN2O3S. The van der Waals surface area contributed by atoms with Crippen LogP contribution in [-0.2, 0) is 14.8 Å². The zero-order valence-corrected chi connectivity index (χ0v) is 17.7. The minimum atomic E-state index is -3.48. The lowest BCUT2D eigenvalue weighted by Gasteiger charge is -2.24. The van der Waals surface area contributed by atoms with E-state index in [-0.39, 0.29) is 18.9 Å². The van der Waals surface area contributed by atoms with E-state index in [1.54, 1.807) is 30.3 Å². The van der Waals surface area contributed by atoms with Crippen molar-refractivity contribution >= 4 is 54.8 Å². The monoisotopic (exact) mass is 458 g/mol. The molecule has 0 heterocycles. The third-order valence-electron chi connectivity index (χ3n) is 3.73. The molecule has 0 spiro atoms. The number of carbonyl (C=O) groups excluding carboxylic acids is 1. The molecule has 0 unspecified atom stereocenters. The number of nitrogens with zero attached hydrogens (tertiary/aromatic N) is 1. The van der Waals surface area contributed by atoms with Gasteiger partial charge in [0.2, 0.25) is 15.9 Å². The van der Waals surface area contributed by atoms with Crippen LogP contribution in [0.1, 0.15) is 18.4 Å². The van der Waals surface area contributed by atoms with Crippen molar-refractivity contribution in [2.75, 3.05) is 22.4 Å². The van der Waals surface area contributed by atoms with Crippen molar-refractivity contribution in [2.24, 2.45) is 0 Å². The van der Waals surface area contributed by atoms with Gasteiger partial charge in [-0.1, -0.05) is 33.6 Å². The molecule has 0 atom stereocenters. The lowest BCUT2D eigenvalue weighted by molar-refractivity contribution is -0.116. The molecule has 5 nitrogen and oxygen atoms in total. The molecule has 2 rings (SSSR count). The number of sulfonamides is 1. The molecule has 8 heteroatoms. The van der Waals surface area contributed by atoms with Crippen molar-refractivity contribution in [1.82, 2.24) is 0 Å². The first-order valence-corrected chi connectivity index (χ1v) is 11.0. The minimum absolute atomic E-state index is 0.163. The number of hydrogen-bond acceptors (Lipinski definition) is 3. The normalized spacial score (nSPS) is 11.2. The molecule has 0 aliphatic carbocycles. The second-order valence-corrected chi connectivity index (χ2v) is 9.18. The average molecular weight is 460 g/mol. The maximum atomic E-state index is 12.2. The Morgan fingerprint density at radius 2 is 1.85 bits per heavy atom. The predicted octanol–water partition coefficient (Wildman–Crippen LogP) is 4.60.